The van der Waals surface area contributed by atoms with Crippen LogP contribution in [-0.4, -0.2) is 24.5 Å². The average Bonchev–Trinajstić information content (AvgIpc) is 3.21. The van der Waals surface area contributed by atoms with Gasteiger partial charge in [0.1, 0.15) is 17.3 Å². The first-order chi connectivity index (χ1) is 14.9. The quantitative estimate of drug-likeness (QED) is 0.497. The topological polar surface area (TPSA) is 54.7 Å². The summed E-state index contributed by atoms with van der Waals surface area (Å²) in [4.78, 5) is 14.4. The third-order valence-electron chi connectivity index (χ3n) is 4.80. The van der Waals surface area contributed by atoms with E-state index in [1.165, 1.54) is 12.1 Å². The normalized spacial score (nSPS) is 11.2. The molecule has 0 spiro atoms. The lowest BCUT2D eigenvalue weighted by Gasteiger charge is -2.22. The number of hydrogen-bond acceptors (Lipinski definition) is 4. The van der Waals surface area contributed by atoms with Gasteiger partial charge in [0.2, 0.25) is 0 Å². The van der Waals surface area contributed by atoms with Crippen molar-refractivity contribution < 1.29 is 18.3 Å². The summed E-state index contributed by atoms with van der Waals surface area (Å²) in [6.07, 6.45) is 0. The Hall–Kier alpha value is -3.12. The van der Waals surface area contributed by atoms with Crippen molar-refractivity contribution >= 4 is 5.91 Å². The number of ether oxygens (including phenoxy) is 1. The molecule has 0 saturated carbocycles. The number of carbonyl (C=O) groups is 1. The van der Waals surface area contributed by atoms with Gasteiger partial charge in [0.05, 0.1) is 13.7 Å². The highest BCUT2D eigenvalue weighted by atomic mass is 19.1. The first-order valence-electron chi connectivity index (χ1n) is 10.4. The average molecular weight is 425 g/mol. The molecule has 164 valence electrons. The Morgan fingerprint density at radius 1 is 1.03 bits per heavy atom. The Morgan fingerprint density at radius 2 is 1.77 bits per heavy atom. The summed E-state index contributed by atoms with van der Waals surface area (Å²) in [5.41, 5.74) is 1.97. The molecule has 0 aliphatic rings. The van der Waals surface area contributed by atoms with Gasteiger partial charge in [0, 0.05) is 19.6 Å². The smallest absolute Gasteiger partial charge is 0.287 e. The fraction of sp³-hybridized carbons (Fsp3) is 0.320. The van der Waals surface area contributed by atoms with E-state index in [0.29, 0.717) is 43.6 Å². The van der Waals surface area contributed by atoms with Crippen LogP contribution < -0.4 is 10.1 Å². The summed E-state index contributed by atoms with van der Waals surface area (Å²) < 4.78 is 24.7. The standard InChI is InChI=1S/C25H29FN2O3/c1-18(2)14-27-25(29)24-12-11-23(31-24)17-28(16-20-5-4-6-21(26)13-20)15-19-7-9-22(30-3)10-8-19/h4-13,18H,14-17H2,1-3H3,(H,27,29). The summed E-state index contributed by atoms with van der Waals surface area (Å²) in [5, 5.41) is 2.86. The highest BCUT2D eigenvalue weighted by molar-refractivity contribution is 5.91. The molecule has 1 heterocycles. The largest absolute Gasteiger partial charge is 0.497 e. The highest BCUT2D eigenvalue weighted by Crippen LogP contribution is 2.19. The van der Waals surface area contributed by atoms with Crippen LogP contribution in [0.2, 0.25) is 0 Å². The molecule has 5 nitrogen and oxygen atoms in total. The number of carbonyl (C=O) groups excluding carboxylic acids is 1. The van der Waals surface area contributed by atoms with Gasteiger partial charge < -0.3 is 14.5 Å². The van der Waals surface area contributed by atoms with Crippen molar-refractivity contribution in [2.45, 2.75) is 33.5 Å². The van der Waals surface area contributed by atoms with Gasteiger partial charge in [-0.15, -0.1) is 0 Å². The molecule has 0 fully saturated rings. The van der Waals surface area contributed by atoms with Crippen LogP contribution in [-0.2, 0) is 19.6 Å². The molecule has 3 aromatic rings. The lowest BCUT2D eigenvalue weighted by molar-refractivity contribution is 0.0916. The number of amides is 1. The second-order valence-electron chi connectivity index (χ2n) is 7.99. The molecular formula is C25H29FN2O3. The van der Waals surface area contributed by atoms with Gasteiger partial charge in [-0.3, -0.25) is 9.69 Å². The summed E-state index contributed by atoms with van der Waals surface area (Å²) in [6, 6.07) is 17.9. The Morgan fingerprint density at radius 3 is 2.45 bits per heavy atom. The van der Waals surface area contributed by atoms with Crippen molar-refractivity contribution in [3.05, 3.63) is 89.1 Å². The molecule has 2 aromatic carbocycles. The lowest BCUT2D eigenvalue weighted by atomic mass is 10.1. The van der Waals surface area contributed by atoms with Gasteiger partial charge in [-0.1, -0.05) is 38.1 Å². The van der Waals surface area contributed by atoms with Crippen LogP contribution >= 0.6 is 0 Å². The van der Waals surface area contributed by atoms with Gasteiger partial charge in [-0.25, -0.2) is 4.39 Å². The number of methoxy groups -OCH3 is 1. The Labute approximate surface area is 182 Å². The summed E-state index contributed by atoms with van der Waals surface area (Å²) >= 11 is 0. The van der Waals surface area contributed by atoms with Gasteiger partial charge in [0.25, 0.3) is 5.91 Å². The van der Waals surface area contributed by atoms with E-state index in [1.54, 1.807) is 19.2 Å². The molecule has 0 aliphatic heterocycles. The number of benzene rings is 2. The van der Waals surface area contributed by atoms with E-state index in [4.69, 9.17) is 9.15 Å². The molecule has 1 aromatic heterocycles. The first-order valence-corrected chi connectivity index (χ1v) is 10.4. The zero-order chi connectivity index (χ0) is 22.2. The van der Waals surface area contributed by atoms with Crippen LogP contribution in [0.4, 0.5) is 4.39 Å². The number of hydrogen-bond donors (Lipinski definition) is 1. The van der Waals surface area contributed by atoms with Crippen LogP contribution in [0.25, 0.3) is 0 Å². The number of halogens is 1. The minimum atomic E-state index is -0.260. The van der Waals surface area contributed by atoms with E-state index in [-0.39, 0.29) is 11.7 Å². The van der Waals surface area contributed by atoms with E-state index in [2.05, 4.69) is 10.2 Å². The molecule has 3 rings (SSSR count). The molecule has 0 radical (unpaired) electrons. The van der Waals surface area contributed by atoms with Crippen molar-refractivity contribution in [3.8, 4) is 5.75 Å². The molecule has 0 atom stereocenters. The maximum atomic E-state index is 13.7. The summed E-state index contributed by atoms with van der Waals surface area (Å²) in [6.45, 7) is 6.34. The minimum Gasteiger partial charge on any atom is -0.497 e. The SMILES string of the molecule is COc1ccc(CN(Cc2cccc(F)c2)Cc2ccc(C(=O)NCC(C)C)o2)cc1. The van der Waals surface area contributed by atoms with E-state index in [0.717, 1.165) is 16.9 Å². The van der Waals surface area contributed by atoms with E-state index in [9.17, 15) is 9.18 Å². The zero-order valence-corrected chi connectivity index (χ0v) is 18.2. The number of furan rings is 1. The molecule has 0 bridgehead atoms. The molecule has 0 aliphatic carbocycles. The van der Waals surface area contributed by atoms with Crippen molar-refractivity contribution in [2.24, 2.45) is 5.92 Å². The molecule has 0 unspecified atom stereocenters. The minimum absolute atomic E-state index is 0.216. The highest BCUT2D eigenvalue weighted by Gasteiger charge is 2.15. The molecule has 31 heavy (non-hydrogen) atoms. The van der Waals surface area contributed by atoms with Crippen molar-refractivity contribution in [1.29, 1.82) is 0 Å². The Kier molecular flexibility index (Phi) is 7.84. The van der Waals surface area contributed by atoms with Crippen LogP contribution in [0, 0.1) is 11.7 Å². The van der Waals surface area contributed by atoms with Crippen molar-refractivity contribution in [3.63, 3.8) is 0 Å². The number of rotatable bonds is 10. The van der Waals surface area contributed by atoms with Gasteiger partial charge >= 0.3 is 0 Å². The van der Waals surface area contributed by atoms with Crippen molar-refractivity contribution in [1.82, 2.24) is 10.2 Å². The van der Waals surface area contributed by atoms with Gasteiger partial charge in [-0.05, 0) is 53.4 Å². The number of nitrogens with one attached hydrogen (secondary N) is 1. The molecule has 1 N–H and O–H groups in total. The van der Waals surface area contributed by atoms with Gasteiger partial charge in [-0.2, -0.15) is 0 Å². The first kappa shape index (κ1) is 22.6. The fourth-order valence-electron chi connectivity index (χ4n) is 3.24. The maximum Gasteiger partial charge on any atom is 0.287 e. The molecule has 0 saturated heterocycles. The van der Waals surface area contributed by atoms with Crippen LogP contribution in [0.1, 0.15) is 41.3 Å². The second-order valence-corrected chi connectivity index (χ2v) is 7.99. The van der Waals surface area contributed by atoms with Crippen LogP contribution in [0.5, 0.6) is 5.75 Å². The third kappa shape index (κ3) is 6.96. The second kappa shape index (κ2) is 10.8. The van der Waals surface area contributed by atoms with Crippen molar-refractivity contribution in [2.75, 3.05) is 13.7 Å². The van der Waals surface area contributed by atoms with E-state index in [1.807, 2.05) is 50.2 Å². The van der Waals surface area contributed by atoms with Crippen LogP contribution in [0.15, 0.2) is 65.1 Å². The predicted octanol–water partition coefficient (Wildman–Crippen LogP) is 5.02. The number of nitrogens with zero attached hydrogens (tertiary/aromatic N) is 1. The van der Waals surface area contributed by atoms with Gasteiger partial charge in [0.15, 0.2) is 5.76 Å². The third-order valence-corrected chi connectivity index (χ3v) is 4.80. The monoisotopic (exact) mass is 424 g/mol. The molecular weight excluding hydrogens is 395 g/mol. The zero-order valence-electron chi connectivity index (χ0n) is 18.2. The lowest BCUT2D eigenvalue weighted by Crippen LogP contribution is -2.27. The Bertz CT molecular complexity index is 982. The predicted molar refractivity (Wildman–Crippen MR) is 118 cm³/mol. The summed E-state index contributed by atoms with van der Waals surface area (Å²) in [5.74, 6) is 1.66. The Balaban J connectivity index is 1.73. The fourth-order valence-corrected chi connectivity index (χ4v) is 3.24. The summed E-state index contributed by atoms with van der Waals surface area (Å²) in [7, 11) is 1.64. The molecule has 6 heteroatoms. The van der Waals surface area contributed by atoms with E-state index >= 15 is 0 Å². The van der Waals surface area contributed by atoms with Crippen LogP contribution in [0.3, 0.4) is 0 Å². The van der Waals surface area contributed by atoms with E-state index < -0.39 is 0 Å². The maximum absolute atomic E-state index is 13.7. The molecule has 1 amide bonds.